The second-order valence-corrected chi connectivity index (χ2v) is 10.2. The lowest BCUT2D eigenvalue weighted by Crippen LogP contribution is -1.94. The maximum Gasteiger partial charge on any atom is 0.135 e. The Morgan fingerprint density at radius 2 is 0.882 bits per heavy atom. The van der Waals surface area contributed by atoms with Gasteiger partial charge in [-0.2, -0.15) is 0 Å². The predicted molar refractivity (Wildman–Crippen MR) is 138 cm³/mol. The summed E-state index contributed by atoms with van der Waals surface area (Å²) in [5, 5.41) is 40.9. The molecular weight excluding hydrogens is 464 g/mol. The van der Waals surface area contributed by atoms with E-state index in [1.807, 2.05) is 84.9 Å². The molecule has 4 aromatic rings. The van der Waals surface area contributed by atoms with Crippen molar-refractivity contribution in [2.75, 3.05) is 0 Å². The van der Waals surface area contributed by atoms with E-state index in [0.29, 0.717) is 33.8 Å². The molecule has 0 atom stereocenters. The van der Waals surface area contributed by atoms with Crippen LogP contribution in [-0.4, -0.2) is 20.4 Å². The van der Waals surface area contributed by atoms with Crippen LogP contribution in [0.25, 0.3) is 0 Å². The first-order chi connectivity index (χ1) is 16.6. The molecule has 174 valence electrons. The monoisotopic (exact) mass is 490 g/mol. The summed E-state index contributed by atoms with van der Waals surface area (Å²) in [4.78, 5) is 1.22. The van der Waals surface area contributed by atoms with Gasteiger partial charge in [-0.1, -0.05) is 60.7 Å². The molecule has 6 heteroatoms. The van der Waals surface area contributed by atoms with Crippen molar-refractivity contribution in [3.8, 4) is 11.5 Å². The molecule has 0 aromatic heterocycles. The van der Waals surface area contributed by atoms with Gasteiger partial charge in [0.15, 0.2) is 0 Å². The normalized spacial score (nSPS) is 11.0. The average molecular weight is 491 g/mol. The van der Waals surface area contributed by atoms with Gasteiger partial charge in [0.25, 0.3) is 0 Å². The quantitative estimate of drug-likeness (QED) is 0.214. The SMILES string of the molecule is OCc1cc(Cc2ccccc2)cc(SSc2cc(Cc3ccccc3)cc(CO)c2O)c1O. The largest absolute Gasteiger partial charge is 0.506 e. The van der Waals surface area contributed by atoms with Crippen LogP contribution in [0, 0.1) is 0 Å². The van der Waals surface area contributed by atoms with E-state index in [0.717, 1.165) is 22.3 Å². The number of benzene rings is 4. The lowest BCUT2D eigenvalue weighted by Gasteiger charge is -2.14. The number of rotatable bonds is 9. The Balaban J connectivity index is 1.59. The van der Waals surface area contributed by atoms with Gasteiger partial charge < -0.3 is 20.4 Å². The van der Waals surface area contributed by atoms with Crippen LogP contribution in [-0.2, 0) is 26.1 Å². The fourth-order valence-electron chi connectivity index (χ4n) is 3.78. The molecule has 34 heavy (non-hydrogen) atoms. The molecular formula is C28H26O4S2. The van der Waals surface area contributed by atoms with E-state index < -0.39 is 0 Å². The van der Waals surface area contributed by atoms with E-state index >= 15 is 0 Å². The highest BCUT2D eigenvalue weighted by Gasteiger charge is 2.15. The summed E-state index contributed by atoms with van der Waals surface area (Å²) in [5.74, 6) is 0.0817. The Labute approximate surface area is 207 Å². The van der Waals surface area contributed by atoms with Crippen molar-refractivity contribution >= 4 is 21.6 Å². The van der Waals surface area contributed by atoms with Gasteiger partial charge in [0.1, 0.15) is 11.5 Å². The highest BCUT2D eigenvalue weighted by molar-refractivity contribution is 8.76. The van der Waals surface area contributed by atoms with Gasteiger partial charge in [0, 0.05) is 11.1 Å². The number of aliphatic hydroxyl groups excluding tert-OH is 2. The van der Waals surface area contributed by atoms with Crippen molar-refractivity contribution in [2.45, 2.75) is 35.8 Å². The van der Waals surface area contributed by atoms with Gasteiger partial charge in [-0.15, -0.1) is 0 Å². The molecule has 0 aliphatic rings. The highest BCUT2D eigenvalue weighted by Crippen LogP contribution is 2.47. The fourth-order valence-corrected chi connectivity index (χ4v) is 6.08. The first-order valence-corrected chi connectivity index (χ1v) is 13.1. The minimum absolute atomic E-state index is 0.0409. The highest BCUT2D eigenvalue weighted by atomic mass is 33.1. The van der Waals surface area contributed by atoms with Crippen molar-refractivity contribution in [2.24, 2.45) is 0 Å². The maximum absolute atomic E-state index is 10.7. The predicted octanol–water partition coefficient (Wildman–Crippen LogP) is 6.06. The third-order valence-electron chi connectivity index (χ3n) is 5.49. The summed E-state index contributed by atoms with van der Waals surface area (Å²) in [5.41, 5.74) is 5.17. The fraction of sp³-hybridized carbons (Fsp3) is 0.143. The molecule has 0 amide bonds. The zero-order chi connectivity index (χ0) is 23.9. The van der Waals surface area contributed by atoms with Crippen LogP contribution in [0.4, 0.5) is 0 Å². The third kappa shape index (κ3) is 5.96. The molecule has 0 aliphatic heterocycles. The maximum atomic E-state index is 10.7. The lowest BCUT2D eigenvalue weighted by molar-refractivity contribution is 0.274. The van der Waals surface area contributed by atoms with E-state index in [4.69, 9.17) is 0 Å². The smallest absolute Gasteiger partial charge is 0.135 e. The van der Waals surface area contributed by atoms with Crippen molar-refractivity contribution in [1.82, 2.24) is 0 Å². The van der Waals surface area contributed by atoms with Crippen LogP contribution in [0.1, 0.15) is 33.4 Å². The van der Waals surface area contributed by atoms with Crippen molar-refractivity contribution in [3.63, 3.8) is 0 Å². The van der Waals surface area contributed by atoms with Crippen molar-refractivity contribution in [3.05, 3.63) is 118 Å². The van der Waals surface area contributed by atoms with E-state index in [9.17, 15) is 20.4 Å². The topological polar surface area (TPSA) is 80.9 Å². The van der Waals surface area contributed by atoms with E-state index in [-0.39, 0.29) is 24.7 Å². The van der Waals surface area contributed by atoms with Gasteiger partial charge in [-0.25, -0.2) is 0 Å². The van der Waals surface area contributed by atoms with E-state index in [1.54, 1.807) is 0 Å². The molecule has 0 radical (unpaired) electrons. The molecule has 0 aliphatic carbocycles. The first-order valence-electron chi connectivity index (χ1n) is 10.9. The number of aromatic hydroxyl groups is 2. The zero-order valence-corrected chi connectivity index (χ0v) is 20.1. The van der Waals surface area contributed by atoms with E-state index in [2.05, 4.69) is 0 Å². The Bertz CT molecular complexity index is 1150. The van der Waals surface area contributed by atoms with Crippen molar-refractivity contribution in [1.29, 1.82) is 0 Å². The molecule has 0 bridgehead atoms. The molecule has 0 spiro atoms. The Hall–Kier alpha value is -2.90. The van der Waals surface area contributed by atoms with Crippen LogP contribution in [0.3, 0.4) is 0 Å². The third-order valence-corrected chi connectivity index (χ3v) is 7.88. The molecule has 0 saturated heterocycles. The summed E-state index contributed by atoms with van der Waals surface area (Å²) in [6, 6.07) is 27.5. The standard InChI is InChI=1S/C28H26O4S2/c29-17-23-13-21(11-19-7-3-1-4-8-19)15-25(27(23)31)33-34-26-16-22(14-24(18-30)28(26)32)12-20-9-5-2-6-10-20/h1-10,13-16,29-32H,11-12,17-18H2. The van der Waals surface area contributed by atoms with Crippen LogP contribution in [0.15, 0.2) is 94.7 Å². The zero-order valence-electron chi connectivity index (χ0n) is 18.5. The summed E-state index contributed by atoms with van der Waals surface area (Å²) < 4.78 is 0. The van der Waals surface area contributed by atoms with Gasteiger partial charge in [-0.3, -0.25) is 0 Å². The molecule has 4 nitrogen and oxygen atoms in total. The molecule has 4 rings (SSSR count). The van der Waals surface area contributed by atoms with Gasteiger partial charge in [0.05, 0.1) is 23.0 Å². The summed E-state index contributed by atoms with van der Waals surface area (Å²) >= 11 is 0. The number of aliphatic hydroxyl groups is 2. The van der Waals surface area contributed by atoms with Gasteiger partial charge in [0.2, 0.25) is 0 Å². The summed E-state index contributed by atoms with van der Waals surface area (Å²) in [6.45, 7) is -0.529. The Morgan fingerprint density at radius 3 is 1.24 bits per heavy atom. The molecule has 0 unspecified atom stereocenters. The van der Waals surface area contributed by atoms with Crippen LogP contribution >= 0.6 is 21.6 Å². The number of phenols is 2. The summed E-state index contributed by atoms with van der Waals surface area (Å²) in [6.07, 6.45) is 1.36. The molecule has 0 heterocycles. The molecule has 0 saturated carbocycles. The molecule has 4 N–H and O–H groups in total. The average Bonchev–Trinajstić information content (AvgIpc) is 2.86. The van der Waals surface area contributed by atoms with E-state index in [1.165, 1.54) is 21.6 Å². The lowest BCUT2D eigenvalue weighted by atomic mass is 10.0. The minimum atomic E-state index is -0.265. The Kier molecular flexibility index (Phi) is 8.19. The molecule has 0 fully saturated rings. The van der Waals surface area contributed by atoms with Crippen molar-refractivity contribution < 1.29 is 20.4 Å². The Morgan fingerprint density at radius 1 is 0.500 bits per heavy atom. The number of hydrogen-bond donors (Lipinski definition) is 4. The first kappa shape index (κ1) is 24.2. The van der Waals surface area contributed by atoms with Gasteiger partial charge >= 0.3 is 0 Å². The minimum Gasteiger partial charge on any atom is -0.506 e. The molecule has 4 aromatic carbocycles. The number of hydrogen-bond acceptors (Lipinski definition) is 6. The van der Waals surface area contributed by atoms with Crippen LogP contribution < -0.4 is 0 Å². The second kappa shape index (κ2) is 11.5. The second-order valence-electron chi connectivity index (χ2n) is 8.01. The van der Waals surface area contributed by atoms with Gasteiger partial charge in [-0.05, 0) is 80.9 Å². The van der Waals surface area contributed by atoms with Crippen LogP contribution in [0.2, 0.25) is 0 Å². The summed E-state index contributed by atoms with van der Waals surface area (Å²) in [7, 11) is 2.63. The van der Waals surface area contributed by atoms with Crippen LogP contribution in [0.5, 0.6) is 11.5 Å².